The van der Waals surface area contributed by atoms with Crippen molar-refractivity contribution < 1.29 is 14.2 Å². The summed E-state index contributed by atoms with van der Waals surface area (Å²) in [7, 11) is 1.64. The molecule has 2 aliphatic rings. The third-order valence-corrected chi connectivity index (χ3v) is 4.70. The molecule has 0 radical (unpaired) electrons. The minimum absolute atomic E-state index is 0.319. The van der Waals surface area contributed by atoms with Crippen LogP contribution in [0.25, 0.3) is 11.0 Å². The number of hydrogen-bond donors (Lipinski definition) is 2. The molecule has 3 heterocycles. The number of imidazole rings is 1. The molecule has 0 aliphatic carbocycles. The molecule has 2 aliphatic heterocycles. The summed E-state index contributed by atoms with van der Waals surface area (Å²) in [6.45, 7) is 1.26. The molecule has 0 bridgehead atoms. The largest absolute Gasteiger partial charge is 0.497 e. The Labute approximate surface area is 155 Å². The molecular formula is C19H19N5O3. The average molecular weight is 365 g/mol. The van der Waals surface area contributed by atoms with Gasteiger partial charge < -0.3 is 19.9 Å². The van der Waals surface area contributed by atoms with E-state index in [2.05, 4.69) is 15.3 Å². The Balaban J connectivity index is 1.70. The molecule has 27 heavy (non-hydrogen) atoms. The number of hydrogen-bond acceptors (Lipinski definition) is 7. The molecule has 138 valence electrons. The second kappa shape index (κ2) is 6.08. The van der Waals surface area contributed by atoms with Crippen molar-refractivity contribution in [1.82, 2.24) is 9.55 Å². The Kier molecular flexibility index (Phi) is 3.56. The van der Waals surface area contributed by atoms with Gasteiger partial charge in [0.15, 0.2) is 23.6 Å². The number of fused-ring (bicyclic) bond motifs is 4. The number of nitrogens with one attached hydrogen (secondary N) is 1. The minimum Gasteiger partial charge on any atom is -0.497 e. The Hall–Kier alpha value is -3.42. The number of rotatable bonds is 2. The molecule has 0 fully saturated rings. The highest BCUT2D eigenvalue weighted by Crippen LogP contribution is 2.39. The second-order valence-corrected chi connectivity index (χ2v) is 6.43. The SMILES string of the molecule is COc1cccc([C@@H]2N=C(N)Nc3nc4cc5c(cc4n32)OCCCO5)c1. The van der Waals surface area contributed by atoms with E-state index in [4.69, 9.17) is 19.9 Å². The van der Waals surface area contributed by atoms with Crippen molar-refractivity contribution in [2.75, 3.05) is 25.6 Å². The number of aromatic nitrogens is 2. The Morgan fingerprint density at radius 1 is 1.19 bits per heavy atom. The maximum absolute atomic E-state index is 6.02. The van der Waals surface area contributed by atoms with Gasteiger partial charge in [-0.1, -0.05) is 12.1 Å². The first-order valence-corrected chi connectivity index (χ1v) is 8.79. The van der Waals surface area contributed by atoms with E-state index in [1.807, 2.05) is 41.0 Å². The van der Waals surface area contributed by atoms with E-state index in [1.165, 1.54) is 0 Å². The van der Waals surface area contributed by atoms with Crippen LogP contribution in [0.3, 0.4) is 0 Å². The number of nitrogens with two attached hydrogens (primary N) is 1. The predicted octanol–water partition coefficient (Wildman–Crippen LogP) is 2.49. The zero-order valence-electron chi connectivity index (χ0n) is 14.8. The lowest BCUT2D eigenvalue weighted by Crippen LogP contribution is -2.31. The summed E-state index contributed by atoms with van der Waals surface area (Å²) in [6, 6.07) is 11.6. The fraction of sp³-hybridized carbons (Fsp3) is 0.263. The van der Waals surface area contributed by atoms with E-state index >= 15 is 0 Å². The highest BCUT2D eigenvalue weighted by Gasteiger charge is 2.27. The summed E-state index contributed by atoms with van der Waals surface area (Å²) in [5.41, 5.74) is 8.65. The van der Waals surface area contributed by atoms with E-state index in [9.17, 15) is 0 Å². The predicted molar refractivity (Wildman–Crippen MR) is 102 cm³/mol. The number of guanidine groups is 1. The first-order valence-electron chi connectivity index (χ1n) is 8.79. The normalized spacial score (nSPS) is 18.3. The summed E-state index contributed by atoms with van der Waals surface area (Å²) in [6.07, 6.45) is 0.498. The molecule has 1 atom stereocenters. The lowest BCUT2D eigenvalue weighted by Gasteiger charge is -2.24. The van der Waals surface area contributed by atoms with Crippen LogP contribution in [0.5, 0.6) is 17.2 Å². The van der Waals surface area contributed by atoms with E-state index in [-0.39, 0.29) is 6.17 Å². The summed E-state index contributed by atoms with van der Waals surface area (Å²) < 4.78 is 19.0. The fourth-order valence-electron chi connectivity index (χ4n) is 3.45. The fourth-order valence-corrected chi connectivity index (χ4v) is 3.45. The van der Waals surface area contributed by atoms with Crippen molar-refractivity contribution in [1.29, 1.82) is 0 Å². The molecule has 0 spiro atoms. The zero-order valence-corrected chi connectivity index (χ0v) is 14.8. The van der Waals surface area contributed by atoms with Gasteiger partial charge in [-0.25, -0.2) is 9.98 Å². The molecule has 0 amide bonds. The highest BCUT2D eigenvalue weighted by molar-refractivity contribution is 5.95. The van der Waals surface area contributed by atoms with Crippen molar-refractivity contribution in [3.05, 3.63) is 42.0 Å². The van der Waals surface area contributed by atoms with Gasteiger partial charge in [0.05, 0.1) is 31.4 Å². The Morgan fingerprint density at radius 2 is 2.00 bits per heavy atom. The van der Waals surface area contributed by atoms with Crippen LogP contribution >= 0.6 is 0 Å². The van der Waals surface area contributed by atoms with Gasteiger partial charge in [0.1, 0.15) is 5.75 Å². The molecule has 5 rings (SSSR count). The van der Waals surface area contributed by atoms with Gasteiger partial charge in [-0.15, -0.1) is 0 Å². The molecule has 3 aromatic rings. The van der Waals surface area contributed by atoms with E-state index in [0.717, 1.165) is 34.5 Å². The molecule has 0 saturated carbocycles. The van der Waals surface area contributed by atoms with Gasteiger partial charge >= 0.3 is 0 Å². The van der Waals surface area contributed by atoms with E-state index in [0.29, 0.717) is 30.9 Å². The maximum Gasteiger partial charge on any atom is 0.212 e. The first kappa shape index (κ1) is 15.8. The van der Waals surface area contributed by atoms with Gasteiger partial charge in [0.25, 0.3) is 0 Å². The minimum atomic E-state index is -0.355. The zero-order chi connectivity index (χ0) is 18.4. The van der Waals surface area contributed by atoms with Crippen LogP contribution in [-0.2, 0) is 0 Å². The van der Waals surface area contributed by atoms with Crippen molar-refractivity contribution in [2.24, 2.45) is 10.7 Å². The van der Waals surface area contributed by atoms with Crippen LogP contribution in [0.4, 0.5) is 5.95 Å². The van der Waals surface area contributed by atoms with Crippen molar-refractivity contribution in [3.8, 4) is 17.2 Å². The van der Waals surface area contributed by atoms with Gasteiger partial charge in [0.2, 0.25) is 5.95 Å². The first-order chi connectivity index (χ1) is 13.2. The number of ether oxygens (including phenoxy) is 3. The molecule has 3 N–H and O–H groups in total. The molecule has 1 aromatic heterocycles. The van der Waals surface area contributed by atoms with Crippen molar-refractivity contribution >= 4 is 22.9 Å². The lowest BCUT2D eigenvalue weighted by molar-refractivity contribution is 0.297. The highest BCUT2D eigenvalue weighted by atomic mass is 16.5. The molecular weight excluding hydrogens is 346 g/mol. The van der Waals surface area contributed by atoms with Crippen LogP contribution in [0.1, 0.15) is 18.2 Å². The number of anilines is 1. The van der Waals surface area contributed by atoms with Gasteiger partial charge in [-0.2, -0.15) is 0 Å². The Bertz CT molecular complexity index is 1060. The van der Waals surface area contributed by atoms with Crippen LogP contribution in [0.15, 0.2) is 41.4 Å². The molecule has 0 unspecified atom stereocenters. The second-order valence-electron chi connectivity index (χ2n) is 6.43. The van der Waals surface area contributed by atoms with Crippen molar-refractivity contribution in [3.63, 3.8) is 0 Å². The topological polar surface area (TPSA) is 95.9 Å². The molecule has 8 nitrogen and oxygen atoms in total. The number of benzene rings is 2. The molecule has 2 aromatic carbocycles. The van der Waals surface area contributed by atoms with Gasteiger partial charge in [0, 0.05) is 24.1 Å². The number of aliphatic imine (C=N–C) groups is 1. The van der Waals surface area contributed by atoms with Crippen molar-refractivity contribution in [2.45, 2.75) is 12.6 Å². The van der Waals surface area contributed by atoms with Crippen LogP contribution in [0.2, 0.25) is 0 Å². The summed E-state index contributed by atoms with van der Waals surface area (Å²) in [5.74, 6) is 3.14. The molecule has 8 heteroatoms. The Morgan fingerprint density at radius 3 is 2.81 bits per heavy atom. The van der Waals surface area contributed by atoms with E-state index in [1.54, 1.807) is 7.11 Å². The maximum atomic E-state index is 6.02. The third kappa shape index (κ3) is 2.61. The van der Waals surface area contributed by atoms with Crippen LogP contribution in [0, 0.1) is 0 Å². The number of nitrogens with zero attached hydrogens (tertiary/aromatic N) is 3. The standard InChI is InChI=1S/C19H19N5O3/c1-25-12-5-2-4-11(8-12)17-22-18(20)23-19-21-13-9-15-16(10-14(13)24(17)19)27-7-3-6-26-15/h2,4-5,8-10,17H,3,6-7H2,1H3,(H3,20,21,22,23)/t17-/m1/s1. The quantitative estimate of drug-likeness (QED) is 0.724. The van der Waals surface area contributed by atoms with E-state index < -0.39 is 0 Å². The monoisotopic (exact) mass is 365 g/mol. The smallest absolute Gasteiger partial charge is 0.212 e. The third-order valence-electron chi connectivity index (χ3n) is 4.70. The van der Waals surface area contributed by atoms with Crippen LogP contribution < -0.4 is 25.3 Å². The van der Waals surface area contributed by atoms with Crippen LogP contribution in [-0.4, -0.2) is 35.8 Å². The molecule has 0 saturated heterocycles. The summed E-state index contributed by atoms with van der Waals surface area (Å²) >= 11 is 0. The van der Waals surface area contributed by atoms with Gasteiger partial charge in [-0.3, -0.25) is 9.88 Å². The summed E-state index contributed by atoms with van der Waals surface area (Å²) in [5, 5.41) is 3.05. The average Bonchev–Trinajstić information content (AvgIpc) is 2.87. The van der Waals surface area contributed by atoms with Gasteiger partial charge in [-0.05, 0) is 12.1 Å². The summed E-state index contributed by atoms with van der Waals surface area (Å²) in [4.78, 5) is 9.29. The number of methoxy groups -OCH3 is 1. The lowest BCUT2D eigenvalue weighted by atomic mass is 10.1.